The summed E-state index contributed by atoms with van der Waals surface area (Å²) < 4.78 is 56.0. The SMILES string of the molecule is Cc1cc(S(=O)(=O)NC[C@@H]2CCn3ccnc3C2)c(F)cc1F. The van der Waals surface area contributed by atoms with Crippen LogP contribution in [0.1, 0.15) is 17.8 Å². The fourth-order valence-electron chi connectivity index (χ4n) is 2.73. The molecule has 0 spiro atoms. The molecule has 3 rings (SSSR count). The monoisotopic (exact) mass is 341 g/mol. The van der Waals surface area contributed by atoms with Crippen LogP contribution in [0.15, 0.2) is 29.4 Å². The zero-order valence-electron chi connectivity index (χ0n) is 12.6. The summed E-state index contributed by atoms with van der Waals surface area (Å²) in [6.07, 6.45) is 5.10. The molecule has 1 aromatic heterocycles. The number of nitrogens with zero attached hydrogens (tertiary/aromatic N) is 2. The van der Waals surface area contributed by atoms with Crippen LogP contribution in [0.5, 0.6) is 0 Å². The van der Waals surface area contributed by atoms with Gasteiger partial charge in [-0.05, 0) is 30.9 Å². The molecule has 23 heavy (non-hydrogen) atoms. The van der Waals surface area contributed by atoms with Gasteiger partial charge in [0.2, 0.25) is 10.0 Å². The fourth-order valence-corrected chi connectivity index (χ4v) is 3.99. The Morgan fingerprint density at radius 1 is 1.35 bits per heavy atom. The fraction of sp³-hybridized carbons (Fsp3) is 0.400. The van der Waals surface area contributed by atoms with Crippen molar-refractivity contribution in [2.45, 2.75) is 31.2 Å². The van der Waals surface area contributed by atoms with Crippen LogP contribution < -0.4 is 4.72 Å². The molecule has 0 saturated carbocycles. The average Bonchev–Trinajstić information content (AvgIpc) is 2.96. The highest BCUT2D eigenvalue weighted by Gasteiger charge is 2.24. The number of fused-ring (bicyclic) bond motifs is 1. The molecule has 2 aromatic rings. The van der Waals surface area contributed by atoms with Crippen molar-refractivity contribution in [1.29, 1.82) is 0 Å². The molecule has 8 heteroatoms. The summed E-state index contributed by atoms with van der Waals surface area (Å²) in [6.45, 7) is 2.38. The van der Waals surface area contributed by atoms with Gasteiger partial charge in [-0.2, -0.15) is 0 Å². The third-order valence-corrected chi connectivity index (χ3v) is 5.55. The highest BCUT2D eigenvalue weighted by atomic mass is 32.2. The van der Waals surface area contributed by atoms with E-state index in [0.29, 0.717) is 12.5 Å². The third-order valence-electron chi connectivity index (χ3n) is 4.12. The van der Waals surface area contributed by atoms with Gasteiger partial charge in [-0.15, -0.1) is 0 Å². The van der Waals surface area contributed by atoms with E-state index in [1.165, 1.54) is 6.92 Å². The molecule has 0 aliphatic carbocycles. The molecule has 1 aromatic carbocycles. The number of benzene rings is 1. The summed E-state index contributed by atoms with van der Waals surface area (Å²) in [4.78, 5) is 3.71. The number of halogens is 2. The van der Waals surface area contributed by atoms with Crippen LogP contribution in [0.3, 0.4) is 0 Å². The molecule has 1 aliphatic rings. The van der Waals surface area contributed by atoms with Gasteiger partial charge in [-0.3, -0.25) is 0 Å². The van der Waals surface area contributed by atoms with Gasteiger partial charge in [0.15, 0.2) is 0 Å². The molecule has 0 unspecified atom stereocenters. The predicted octanol–water partition coefficient (Wildman–Crippen LogP) is 2.01. The molecule has 1 atom stereocenters. The summed E-state index contributed by atoms with van der Waals surface area (Å²) in [5.41, 5.74) is 0.0893. The minimum atomic E-state index is -4.01. The van der Waals surface area contributed by atoms with Crippen LogP contribution >= 0.6 is 0 Å². The Labute approximate surface area is 133 Å². The van der Waals surface area contributed by atoms with Crippen LogP contribution in [0, 0.1) is 24.5 Å². The van der Waals surface area contributed by atoms with Crippen molar-refractivity contribution in [3.63, 3.8) is 0 Å². The summed E-state index contributed by atoms with van der Waals surface area (Å²) >= 11 is 0. The lowest BCUT2D eigenvalue weighted by molar-refractivity contribution is 0.379. The van der Waals surface area contributed by atoms with Crippen molar-refractivity contribution >= 4 is 10.0 Å². The number of nitrogens with one attached hydrogen (secondary N) is 1. The van der Waals surface area contributed by atoms with Gasteiger partial charge in [0, 0.05) is 38.0 Å². The Bertz CT molecular complexity index is 833. The number of imidazole rings is 1. The average molecular weight is 341 g/mol. The zero-order valence-corrected chi connectivity index (χ0v) is 13.4. The van der Waals surface area contributed by atoms with E-state index in [-0.39, 0.29) is 18.0 Å². The van der Waals surface area contributed by atoms with E-state index < -0.39 is 26.6 Å². The van der Waals surface area contributed by atoms with Crippen molar-refractivity contribution in [2.75, 3.05) is 6.54 Å². The van der Waals surface area contributed by atoms with Crippen LogP contribution in [0.2, 0.25) is 0 Å². The smallest absolute Gasteiger partial charge is 0.243 e. The van der Waals surface area contributed by atoms with Gasteiger partial charge in [-0.25, -0.2) is 26.9 Å². The highest BCUT2D eigenvalue weighted by Crippen LogP contribution is 2.21. The van der Waals surface area contributed by atoms with Gasteiger partial charge in [0.25, 0.3) is 0 Å². The first-order valence-electron chi connectivity index (χ1n) is 7.32. The Kier molecular flexibility index (Phi) is 4.20. The maximum atomic E-state index is 13.8. The Morgan fingerprint density at radius 2 is 2.13 bits per heavy atom. The number of hydrogen-bond acceptors (Lipinski definition) is 3. The predicted molar refractivity (Wildman–Crippen MR) is 80.3 cm³/mol. The number of aromatic nitrogens is 2. The standard InChI is InChI=1S/C15H17F2N3O2S/c1-10-6-14(13(17)8-12(10)16)23(21,22)19-9-11-2-4-20-5-3-18-15(20)7-11/h3,5-6,8,11,19H,2,4,7,9H2,1H3/t11-/m1/s1. The van der Waals surface area contributed by atoms with Gasteiger partial charge in [0.05, 0.1) is 0 Å². The Hall–Kier alpha value is -1.80. The molecule has 124 valence electrons. The van der Waals surface area contributed by atoms with Gasteiger partial charge < -0.3 is 4.57 Å². The number of aryl methyl sites for hydroxylation is 2. The lowest BCUT2D eigenvalue weighted by Gasteiger charge is -2.23. The first kappa shape index (κ1) is 16.1. The summed E-state index contributed by atoms with van der Waals surface area (Å²) in [5, 5.41) is 0. The van der Waals surface area contributed by atoms with Crippen molar-refractivity contribution in [3.05, 3.63) is 47.5 Å². The van der Waals surface area contributed by atoms with Gasteiger partial charge in [0.1, 0.15) is 22.4 Å². The molecule has 1 aliphatic heterocycles. The minimum Gasteiger partial charge on any atom is -0.335 e. The number of rotatable bonds is 4. The van der Waals surface area contributed by atoms with Crippen LogP contribution in [-0.4, -0.2) is 24.5 Å². The molecule has 0 fully saturated rings. The van der Waals surface area contributed by atoms with E-state index in [4.69, 9.17) is 0 Å². The molecule has 0 saturated heterocycles. The van der Waals surface area contributed by atoms with E-state index >= 15 is 0 Å². The second-order valence-corrected chi connectivity index (χ2v) is 7.51. The molecular formula is C15H17F2N3O2S. The molecule has 2 heterocycles. The lowest BCUT2D eigenvalue weighted by atomic mass is 9.98. The Balaban J connectivity index is 1.72. The van der Waals surface area contributed by atoms with Gasteiger partial charge >= 0.3 is 0 Å². The summed E-state index contributed by atoms with van der Waals surface area (Å²) in [7, 11) is -4.01. The van der Waals surface area contributed by atoms with Crippen LogP contribution in [-0.2, 0) is 23.0 Å². The minimum absolute atomic E-state index is 0.0893. The second kappa shape index (κ2) is 6.01. The maximum absolute atomic E-state index is 13.8. The first-order valence-corrected chi connectivity index (χ1v) is 8.80. The zero-order chi connectivity index (χ0) is 16.6. The quantitative estimate of drug-likeness (QED) is 0.925. The first-order chi connectivity index (χ1) is 10.9. The Morgan fingerprint density at radius 3 is 2.91 bits per heavy atom. The third kappa shape index (κ3) is 3.28. The molecule has 0 radical (unpaired) electrons. The van der Waals surface area contributed by atoms with E-state index in [1.807, 2.05) is 10.8 Å². The second-order valence-electron chi connectivity index (χ2n) is 5.78. The van der Waals surface area contributed by atoms with Gasteiger partial charge in [-0.1, -0.05) is 0 Å². The summed E-state index contributed by atoms with van der Waals surface area (Å²) in [6, 6.07) is 1.61. The van der Waals surface area contributed by atoms with Crippen molar-refractivity contribution in [1.82, 2.24) is 14.3 Å². The van der Waals surface area contributed by atoms with E-state index in [9.17, 15) is 17.2 Å². The van der Waals surface area contributed by atoms with E-state index in [2.05, 4.69) is 9.71 Å². The molecule has 0 amide bonds. The molecule has 1 N–H and O–H groups in total. The largest absolute Gasteiger partial charge is 0.335 e. The van der Waals surface area contributed by atoms with Crippen molar-refractivity contribution < 1.29 is 17.2 Å². The van der Waals surface area contributed by atoms with E-state index in [1.54, 1.807) is 6.20 Å². The molecule has 5 nitrogen and oxygen atoms in total. The topological polar surface area (TPSA) is 64.0 Å². The van der Waals surface area contributed by atoms with Crippen molar-refractivity contribution in [2.24, 2.45) is 5.92 Å². The normalized spacial score (nSPS) is 18.0. The van der Waals surface area contributed by atoms with Crippen LogP contribution in [0.25, 0.3) is 0 Å². The summed E-state index contributed by atoms with van der Waals surface area (Å²) in [5.74, 6) is -0.825. The van der Waals surface area contributed by atoms with Crippen molar-refractivity contribution in [3.8, 4) is 0 Å². The number of sulfonamides is 1. The lowest BCUT2D eigenvalue weighted by Crippen LogP contribution is -2.33. The molecular weight excluding hydrogens is 324 g/mol. The maximum Gasteiger partial charge on any atom is 0.243 e. The highest BCUT2D eigenvalue weighted by molar-refractivity contribution is 7.89. The van der Waals surface area contributed by atoms with E-state index in [0.717, 1.165) is 24.9 Å². The molecule has 0 bridgehead atoms. The van der Waals surface area contributed by atoms with Crippen LogP contribution in [0.4, 0.5) is 8.78 Å². The number of hydrogen-bond donors (Lipinski definition) is 1.